The van der Waals surface area contributed by atoms with E-state index in [-0.39, 0.29) is 44.8 Å². The molecule has 0 aliphatic carbocycles. The zero-order valence-corrected chi connectivity index (χ0v) is 27.0. The van der Waals surface area contributed by atoms with Crippen molar-refractivity contribution in [1.82, 2.24) is 29.5 Å². The molecule has 1 aliphatic rings. The van der Waals surface area contributed by atoms with Crippen molar-refractivity contribution >= 4 is 35.2 Å². The number of methoxy groups -OCH3 is 1. The van der Waals surface area contributed by atoms with Crippen LogP contribution in [0.1, 0.15) is 39.5 Å². The maximum atomic E-state index is 15.5. The molecule has 0 spiro atoms. The van der Waals surface area contributed by atoms with Crippen molar-refractivity contribution in [2.75, 3.05) is 38.8 Å². The molecule has 0 atom stereocenters. The summed E-state index contributed by atoms with van der Waals surface area (Å²) in [7, 11) is 4.81. The number of anilines is 1. The summed E-state index contributed by atoms with van der Waals surface area (Å²) >= 11 is 6.44. The second kappa shape index (κ2) is 14.0. The Balaban J connectivity index is 1.40. The third kappa shape index (κ3) is 6.48. The van der Waals surface area contributed by atoms with Crippen LogP contribution in [0.2, 0.25) is 5.02 Å². The molecular formula is C32H34ClF2N7O5. The smallest absolute Gasteiger partial charge is 0.419 e. The molecule has 0 radical (unpaired) electrons. The van der Waals surface area contributed by atoms with E-state index in [4.69, 9.17) is 16.3 Å². The van der Waals surface area contributed by atoms with E-state index < -0.39 is 23.6 Å². The van der Waals surface area contributed by atoms with Crippen LogP contribution >= 0.6 is 11.6 Å². The Labute approximate surface area is 274 Å². The number of benzene rings is 2. The van der Waals surface area contributed by atoms with Crippen LogP contribution in [0, 0.1) is 18.6 Å². The standard InChI is InChI=1S/C32H34ClF2N7O5/c1-18-24(16-38-41(18)13-14-47-4)21-7-8-23(28(35)27(21)34)26-17-37-29(39(26)3)31(44)42(32(45)46)20-5-6-22(25(33)15-20)30(43)40-11-9-19(36-2)10-12-40/h5-8,15-17,19,36H,9-14H2,1-4H3,(H,45,46). The second-order valence-electron chi connectivity index (χ2n) is 11.1. The normalized spacial score (nSPS) is 13.6. The Morgan fingerprint density at radius 1 is 1.09 bits per heavy atom. The number of rotatable bonds is 9. The number of carbonyl (C=O) groups is 3. The van der Waals surface area contributed by atoms with Gasteiger partial charge in [-0.25, -0.2) is 23.5 Å². The summed E-state index contributed by atoms with van der Waals surface area (Å²) in [5.41, 5.74) is 0.948. The fourth-order valence-electron chi connectivity index (χ4n) is 5.70. The highest BCUT2D eigenvalue weighted by Gasteiger charge is 2.31. The van der Waals surface area contributed by atoms with Crippen molar-refractivity contribution < 1.29 is 33.0 Å². The molecule has 3 amide bonds. The van der Waals surface area contributed by atoms with Gasteiger partial charge < -0.3 is 24.6 Å². The molecule has 12 nitrogen and oxygen atoms in total. The van der Waals surface area contributed by atoms with Gasteiger partial charge in [-0.15, -0.1) is 0 Å². The average Bonchev–Trinajstić information content (AvgIpc) is 3.62. The van der Waals surface area contributed by atoms with Crippen molar-refractivity contribution in [2.45, 2.75) is 32.4 Å². The third-order valence-corrected chi connectivity index (χ3v) is 8.78. The molecule has 1 fully saturated rings. The van der Waals surface area contributed by atoms with E-state index in [0.29, 0.717) is 48.4 Å². The van der Waals surface area contributed by atoms with Crippen molar-refractivity contribution in [1.29, 1.82) is 0 Å². The van der Waals surface area contributed by atoms with Crippen LogP contribution in [0.4, 0.5) is 19.3 Å². The van der Waals surface area contributed by atoms with Gasteiger partial charge in [-0.05, 0) is 51.1 Å². The molecule has 47 heavy (non-hydrogen) atoms. The zero-order valence-electron chi connectivity index (χ0n) is 26.3. The van der Waals surface area contributed by atoms with Gasteiger partial charge in [-0.1, -0.05) is 17.7 Å². The number of piperidine rings is 1. The van der Waals surface area contributed by atoms with Crippen LogP contribution in [0.15, 0.2) is 42.7 Å². The summed E-state index contributed by atoms with van der Waals surface area (Å²) in [6, 6.07) is 6.99. The molecule has 15 heteroatoms. The molecule has 3 heterocycles. The number of carboxylic acid groups (broad SMARTS) is 1. The molecule has 248 valence electrons. The van der Waals surface area contributed by atoms with Crippen molar-refractivity contribution in [3.63, 3.8) is 0 Å². The minimum Gasteiger partial charge on any atom is -0.464 e. The van der Waals surface area contributed by atoms with Crippen LogP contribution in [-0.2, 0) is 18.3 Å². The van der Waals surface area contributed by atoms with Gasteiger partial charge in [0.1, 0.15) is 0 Å². The number of nitrogens with one attached hydrogen (secondary N) is 1. The largest absolute Gasteiger partial charge is 0.464 e. The minimum absolute atomic E-state index is 0.00388. The topological polar surface area (TPSA) is 135 Å². The molecule has 0 bridgehead atoms. The number of carbonyl (C=O) groups excluding carboxylic acids is 2. The van der Waals surface area contributed by atoms with Crippen LogP contribution in [0.25, 0.3) is 22.4 Å². The lowest BCUT2D eigenvalue weighted by atomic mass is 10.0. The van der Waals surface area contributed by atoms with Crippen LogP contribution in [0.5, 0.6) is 0 Å². The van der Waals surface area contributed by atoms with E-state index in [1.165, 1.54) is 48.1 Å². The first-order valence-electron chi connectivity index (χ1n) is 14.8. The molecular weight excluding hydrogens is 636 g/mol. The molecule has 0 saturated carbocycles. The van der Waals surface area contributed by atoms with E-state index in [2.05, 4.69) is 15.4 Å². The van der Waals surface area contributed by atoms with Gasteiger partial charge >= 0.3 is 12.0 Å². The number of aromatic nitrogens is 4. The lowest BCUT2D eigenvalue weighted by molar-refractivity contribution is 0.0707. The molecule has 1 aliphatic heterocycles. The SMILES string of the molecule is CNC1CCN(C(=O)c2ccc(N(C(=O)O)C(=O)c3ncc(-c4ccc(-c5cnn(CCOC)c5C)c(F)c4F)n3C)cc2Cl)CC1. The summed E-state index contributed by atoms with van der Waals surface area (Å²) in [6.45, 7) is 3.65. The van der Waals surface area contributed by atoms with E-state index in [0.717, 1.165) is 19.0 Å². The van der Waals surface area contributed by atoms with E-state index in [1.54, 1.807) is 23.6 Å². The van der Waals surface area contributed by atoms with Crippen molar-refractivity contribution in [2.24, 2.45) is 7.05 Å². The number of amides is 3. The quantitative estimate of drug-likeness (QED) is 0.255. The van der Waals surface area contributed by atoms with E-state index >= 15 is 8.78 Å². The Hall–Kier alpha value is -4.66. The highest BCUT2D eigenvalue weighted by Crippen LogP contribution is 2.34. The number of nitrogens with zero attached hydrogens (tertiary/aromatic N) is 6. The zero-order chi connectivity index (χ0) is 34.0. The Morgan fingerprint density at radius 3 is 2.40 bits per heavy atom. The number of ether oxygens (including phenoxy) is 1. The summed E-state index contributed by atoms with van der Waals surface area (Å²) in [6.07, 6.45) is 2.54. The van der Waals surface area contributed by atoms with Gasteiger partial charge in [0.2, 0.25) is 0 Å². The lowest BCUT2D eigenvalue weighted by Gasteiger charge is -2.32. The number of halogens is 3. The molecule has 2 N–H and O–H groups in total. The highest BCUT2D eigenvalue weighted by atomic mass is 35.5. The fraction of sp³-hybridized carbons (Fsp3) is 0.344. The van der Waals surface area contributed by atoms with Gasteiger partial charge in [0.15, 0.2) is 17.5 Å². The first kappa shape index (κ1) is 33.7. The van der Waals surface area contributed by atoms with Crippen molar-refractivity contribution in [3.05, 3.63) is 76.5 Å². The van der Waals surface area contributed by atoms with E-state index in [9.17, 15) is 19.5 Å². The number of hydrogen-bond acceptors (Lipinski definition) is 7. The number of imide groups is 1. The predicted octanol–water partition coefficient (Wildman–Crippen LogP) is 4.99. The first-order valence-corrected chi connectivity index (χ1v) is 15.2. The second-order valence-corrected chi connectivity index (χ2v) is 11.5. The average molecular weight is 670 g/mol. The minimum atomic E-state index is -1.63. The van der Waals surface area contributed by atoms with E-state index in [1.807, 2.05) is 7.05 Å². The van der Waals surface area contributed by atoms with Gasteiger partial charge in [-0.2, -0.15) is 5.10 Å². The van der Waals surface area contributed by atoms with Crippen molar-refractivity contribution in [3.8, 4) is 22.4 Å². The number of hydrogen-bond donors (Lipinski definition) is 2. The number of imidazole rings is 1. The Kier molecular flexibility index (Phi) is 10.0. The Morgan fingerprint density at radius 2 is 1.77 bits per heavy atom. The van der Waals surface area contributed by atoms with Crippen LogP contribution in [-0.4, -0.2) is 87.1 Å². The maximum absolute atomic E-state index is 15.5. The molecule has 5 rings (SSSR count). The first-order chi connectivity index (χ1) is 22.5. The summed E-state index contributed by atoms with van der Waals surface area (Å²) < 4.78 is 38.9. The predicted molar refractivity (Wildman–Crippen MR) is 171 cm³/mol. The highest BCUT2D eigenvalue weighted by molar-refractivity contribution is 6.34. The van der Waals surface area contributed by atoms with Crippen LogP contribution in [0.3, 0.4) is 0 Å². The van der Waals surface area contributed by atoms with Crippen LogP contribution < -0.4 is 10.2 Å². The number of likely N-dealkylation sites (tertiary alicyclic amines) is 1. The fourth-order valence-corrected chi connectivity index (χ4v) is 5.96. The Bertz CT molecular complexity index is 1830. The van der Waals surface area contributed by atoms with Gasteiger partial charge in [0, 0.05) is 55.7 Å². The summed E-state index contributed by atoms with van der Waals surface area (Å²) in [5, 5.41) is 17.4. The summed E-state index contributed by atoms with van der Waals surface area (Å²) in [5.74, 6) is -4.01. The lowest BCUT2D eigenvalue weighted by Crippen LogP contribution is -2.44. The molecule has 0 unspecified atom stereocenters. The maximum Gasteiger partial charge on any atom is 0.419 e. The molecule has 2 aromatic heterocycles. The monoisotopic (exact) mass is 669 g/mol. The third-order valence-electron chi connectivity index (χ3n) is 8.46. The van der Waals surface area contributed by atoms with Gasteiger partial charge in [0.25, 0.3) is 5.91 Å². The molecule has 4 aromatic rings. The molecule has 1 saturated heterocycles. The summed E-state index contributed by atoms with van der Waals surface area (Å²) in [4.78, 5) is 45.1. The van der Waals surface area contributed by atoms with Gasteiger partial charge in [-0.3, -0.25) is 14.3 Å². The van der Waals surface area contributed by atoms with Gasteiger partial charge in [0.05, 0.1) is 47.5 Å². The molecule has 2 aromatic carbocycles.